The zero-order valence-electron chi connectivity index (χ0n) is 11.8. The van der Waals surface area contributed by atoms with Crippen LogP contribution in [0.25, 0.3) is 0 Å². The van der Waals surface area contributed by atoms with E-state index in [0.717, 1.165) is 38.4 Å². The van der Waals surface area contributed by atoms with Gasteiger partial charge in [0.2, 0.25) is 0 Å². The fraction of sp³-hybridized carbons (Fsp3) is 0.615. The minimum atomic E-state index is -0.0203. The Labute approximate surface area is 114 Å². The predicted molar refractivity (Wildman–Crippen MR) is 74.4 cm³/mol. The van der Waals surface area contributed by atoms with E-state index in [1.807, 2.05) is 30.0 Å². The number of carbonyl (C=O) groups is 1. The maximum atomic E-state index is 12.3. The number of likely N-dealkylation sites (N-methyl/N-ethyl adjacent to an activating group) is 1. The zero-order valence-corrected chi connectivity index (χ0v) is 11.8. The zero-order chi connectivity index (χ0) is 13.8. The SMILES string of the molecule is CN1CCCN(C(=O)c2ccc(N(C)C)nn2)CC1. The number of amides is 1. The van der Waals surface area contributed by atoms with Crippen molar-refractivity contribution < 1.29 is 4.79 Å². The van der Waals surface area contributed by atoms with Crippen molar-refractivity contribution in [1.29, 1.82) is 0 Å². The standard InChI is InChI=1S/C13H21N5O/c1-16(2)12-6-5-11(14-15-12)13(19)18-8-4-7-17(3)9-10-18/h5-6H,4,7-10H2,1-3H3. The number of carbonyl (C=O) groups excluding carboxylic acids is 1. The van der Waals surface area contributed by atoms with E-state index < -0.39 is 0 Å². The Bertz CT molecular complexity index is 431. The third kappa shape index (κ3) is 3.41. The largest absolute Gasteiger partial charge is 0.361 e. The minimum absolute atomic E-state index is 0.0203. The van der Waals surface area contributed by atoms with Crippen LogP contribution in [0.5, 0.6) is 0 Å². The normalized spacial score (nSPS) is 17.1. The van der Waals surface area contributed by atoms with Crippen molar-refractivity contribution >= 4 is 11.7 Å². The van der Waals surface area contributed by atoms with Crippen LogP contribution >= 0.6 is 0 Å². The molecule has 0 saturated carbocycles. The Kier molecular flexibility index (Phi) is 4.31. The van der Waals surface area contributed by atoms with Gasteiger partial charge in [0.15, 0.2) is 11.5 Å². The molecule has 6 nitrogen and oxygen atoms in total. The van der Waals surface area contributed by atoms with E-state index in [4.69, 9.17) is 0 Å². The van der Waals surface area contributed by atoms with Gasteiger partial charge >= 0.3 is 0 Å². The second kappa shape index (κ2) is 5.97. The molecule has 1 aliphatic rings. The molecule has 0 spiro atoms. The maximum absolute atomic E-state index is 12.3. The summed E-state index contributed by atoms with van der Waals surface area (Å²) in [6.07, 6.45) is 1.01. The Morgan fingerprint density at radius 3 is 2.58 bits per heavy atom. The number of nitrogens with zero attached hydrogens (tertiary/aromatic N) is 5. The van der Waals surface area contributed by atoms with Crippen molar-refractivity contribution in [2.24, 2.45) is 0 Å². The van der Waals surface area contributed by atoms with Crippen molar-refractivity contribution in [1.82, 2.24) is 20.0 Å². The fourth-order valence-corrected chi connectivity index (χ4v) is 2.09. The van der Waals surface area contributed by atoms with E-state index in [9.17, 15) is 4.79 Å². The molecule has 1 fully saturated rings. The van der Waals surface area contributed by atoms with Crippen molar-refractivity contribution in [3.05, 3.63) is 17.8 Å². The summed E-state index contributed by atoms with van der Waals surface area (Å²) in [6, 6.07) is 3.57. The highest BCUT2D eigenvalue weighted by atomic mass is 16.2. The van der Waals surface area contributed by atoms with E-state index in [-0.39, 0.29) is 5.91 Å². The summed E-state index contributed by atoms with van der Waals surface area (Å²) < 4.78 is 0. The molecule has 0 unspecified atom stereocenters. The molecule has 1 aromatic rings. The molecule has 0 radical (unpaired) electrons. The lowest BCUT2D eigenvalue weighted by Crippen LogP contribution is -2.35. The van der Waals surface area contributed by atoms with Gasteiger partial charge in [-0.05, 0) is 32.1 Å². The number of hydrogen-bond acceptors (Lipinski definition) is 5. The monoisotopic (exact) mass is 263 g/mol. The Balaban J connectivity index is 2.06. The first-order chi connectivity index (χ1) is 9.08. The van der Waals surface area contributed by atoms with E-state index in [2.05, 4.69) is 22.1 Å². The van der Waals surface area contributed by atoms with Gasteiger partial charge in [-0.3, -0.25) is 4.79 Å². The van der Waals surface area contributed by atoms with Crippen LogP contribution in [0.2, 0.25) is 0 Å². The van der Waals surface area contributed by atoms with Crippen LogP contribution in [-0.4, -0.2) is 73.2 Å². The Morgan fingerprint density at radius 1 is 1.16 bits per heavy atom. The third-order valence-electron chi connectivity index (χ3n) is 3.33. The van der Waals surface area contributed by atoms with Crippen LogP contribution in [0.1, 0.15) is 16.9 Å². The molecule has 2 rings (SSSR count). The van der Waals surface area contributed by atoms with E-state index in [0.29, 0.717) is 5.69 Å². The maximum Gasteiger partial charge on any atom is 0.274 e. The lowest BCUT2D eigenvalue weighted by Gasteiger charge is -2.20. The summed E-state index contributed by atoms with van der Waals surface area (Å²) in [4.78, 5) is 18.3. The summed E-state index contributed by atoms with van der Waals surface area (Å²) in [6.45, 7) is 3.50. The highest BCUT2D eigenvalue weighted by Gasteiger charge is 2.20. The molecular formula is C13H21N5O. The van der Waals surface area contributed by atoms with Crippen LogP contribution in [-0.2, 0) is 0 Å². The summed E-state index contributed by atoms with van der Waals surface area (Å²) in [5, 5.41) is 8.08. The van der Waals surface area contributed by atoms with E-state index in [1.165, 1.54) is 0 Å². The Hall–Kier alpha value is -1.69. The summed E-state index contributed by atoms with van der Waals surface area (Å²) in [5.41, 5.74) is 0.426. The molecule has 6 heteroatoms. The van der Waals surface area contributed by atoms with E-state index >= 15 is 0 Å². The minimum Gasteiger partial charge on any atom is -0.361 e. The first-order valence-corrected chi connectivity index (χ1v) is 6.57. The molecule has 0 aromatic carbocycles. The molecule has 0 aliphatic carbocycles. The molecule has 104 valence electrons. The first kappa shape index (κ1) is 13.7. The van der Waals surface area contributed by atoms with Crippen molar-refractivity contribution in [2.75, 3.05) is 52.2 Å². The molecule has 1 aliphatic heterocycles. The lowest BCUT2D eigenvalue weighted by atomic mass is 10.3. The van der Waals surface area contributed by atoms with Crippen molar-refractivity contribution in [3.63, 3.8) is 0 Å². The van der Waals surface area contributed by atoms with Gasteiger partial charge in [-0.2, -0.15) is 0 Å². The van der Waals surface area contributed by atoms with Gasteiger partial charge in [0, 0.05) is 33.7 Å². The third-order valence-corrected chi connectivity index (χ3v) is 3.33. The molecule has 1 saturated heterocycles. The molecule has 1 amide bonds. The molecule has 19 heavy (non-hydrogen) atoms. The number of hydrogen-bond donors (Lipinski definition) is 0. The highest BCUT2D eigenvalue weighted by molar-refractivity contribution is 5.92. The van der Waals surface area contributed by atoms with Crippen LogP contribution in [0.15, 0.2) is 12.1 Å². The van der Waals surface area contributed by atoms with E-state index in [1.54, 1.807) is 6.07 Å². The van der Waals surface area contributed by atoms with Gasteiger partial charge in [-0.25, -0.2) is 0 Å². The Morgan fingerprint density at radius 2 is 1.95 bits per heavy atom. The van der Waals surface area contributed by atoms with Crippen molar-refractivity contribution in [2.45, 2.75) is 6.42 Å². The van der Waals surface area contributed by atoms with Crippen molar-refractivity contribution in [3.8, 4) is 0 Å². The smallest absolute Gasteiger partial charge is 0.274 e. The topological polar surface area (TPSA) is 52.6 Å². The fourth-order valence-electron chi connectivity index (χ4n) is 2.09. The van der Waals surface area contributed by atoms with Crippen LogP contribution in [0.4, 0.5) is 5.82 Å². The van der Waals surface area contributed by atoms with Gasteiger partial charge < -0.3 is 14.7 Å². The lowest BCUT2D eigenvalue weighted by molar-refractivity contribution is 0.0756. The summed E-state index contributed by atoms with van der Waals surface area (Å²) in [7, 11) is 5.88. The first-order valence-electron chi connectivity index (χ1n) is 6.57. The van der Waals surface area contributed by atoms with Crippen LogP contribution in [0.3, 0.4) is 0 Å². The predicted octanol–water partition coefficient (Wildman–Crippen LogP) is 0.320. The second-order valence-corrected chi connectivity index (χ2v) is 5.12. The van der Waals surface area contributed by atoms with Crippen LogP contribution in [0, 0.1) is 0 Å². The quantitative estimate of drug-likeness (QED) is 0.769. The molecule has 2 heterocycles. The highest BCUT2D eigenvalue weighted by Crippen LogP contribution is 2.09. The van der Waals surface area contributed by atoms with Gasteiger partial charge in [0.25, 0.3) is 5.91 Å². The van der Waals surface area contributed by atoms with Gasteiger partial charge in [-0.15, -0.1) is 10.2 Å². The molecular weight excluding hydrogens is 242 g/mol. The number of aromatic nitrogens is 2. The van der Waals surface area contributed by atoms with Gasteiger partial charge in [-0.1, -0.05) is 0 Å². The molecule has 0 atom stereocenters. The second-order valence-electron chi connectivity index (χ2n) is 5.12. The number of anilines is 1. The van der Waals surface area contributed by atoms with Crippen LogP contribution < -0.4 is 4.90 Å². The number of rotatable bonds is 2. The summed E-state index contributed by atoms with van der Waals surface area (Å²) >= 11 is 0. The average Bonchev–Trinajstić information content (AvgIpc) is 2.63. The van der Waals surface area contributed by atoms with Gasteiger partial charge in [0.1, 0.15) is 0 Å². The van der Waals surface area contributed by atoms with Gasteiger partial charge in [0.05, 0.1) is 0 Å². The average molecular weight is 263 g/mol. The molecule has 0 bridgehead atoms. The molecule has 1 aromatic heterocycles. The molecule has 0 N–H and O–H groups in total. The summed E-state index contributed by atoms with van der Waals surface area (Å²) in [5.74, 6) is 0.736.